The van der Waals surface area contributed by atoms with Gasteiger partial charge < -0.3 is 0 Å². The van der Waals surface area contributed by atoms with Crippen molar-refractivity contribution in [3.05, 3.63) is 43.2 Å². The van der Waals surface area contributed by atoms with Gasteiger partial charge in [0.1, 0.15) is 0 Å². The van der Waals surface area contributed by atoms with E-state index in [4.69, 9.17) is 0 Å². The van der Waals surface area contributed by atoms with Gasteiger partial charge in [-0.1, -0.05) is 6.07 Å². The first-order chi connectivity index (χ1) is 8.15. The zero-order valence-corrected chi connectivity index (χ0v) is 13.2. The molecule has 0 saturated heterocycles. The van der Waals surface area contributed by atoms with Crippen LogP contribution in [0.15, 0.2) is 33.4 Å². The summed E-state index contributed by atoms with van der Waals surface area (Å²) in [5.74, 6) is 0. The highest BCUT2D eigenvalue weighted by Gasteiger charge is 2.11. The summed E-state index contributed by atoms with van der Waals surface area (Å²) in [6.07, 6.45) is 1.14. The average Bonchev–Trinajstić information content (AvgIpc) is 2.90. The van der Waals surface area contributed by atoms with Crippen LogP contribution in [0.5, 0.6) is 0 Å². The van der Waals surface area contributed by atoms with Crippen LogP contribution >= 0.6 is 38.6 Å². The first kappa shape index (κ1) is 13.3. The summed E-state index contributed by atoms with van der Waals surface area (Å²) in [6.45, 7) is 3.32. The number of likely N-dealkylation sites (N-methyl/N-ethyl adjacent to an activating group) is 1. The Labute approximate surface area is 119 Å². The molecule has 4 heteroatoms. The topological polar surface area (TPSA) is 3.24 Å². The number of halogens is 1. The van der Waals surface area contributed by atoms with E-state index in [1.165, 1.54) is 14.2 Å². The van der Waals surface area contributed by atoms with Crippen molar-refractivity contribution in [3.8, 4) is 0 Å². The van der Waals surface area contributed by atoms with Gasteiger partial charge in [0.25, 0.3) is 0 Å². The van der Waals surface area contributed by atoms with E-state index in [-0.39, 0.29) is 0 Å². The van der Waals surface area contributed by atoms with Crippen LogP contribution in [0.1, 0.15) is 16.7 Å². The molecule has 2 aromatic rings. The molecule has 0 saturated carbocycles. The average molecular weight is 330 g/mol. The Morgan fingerprint density at radius 3 is 2.76 bits per heavy atom. The van der Waals surface area contributed by atoms with Crippen molar-refractivity contribution < 1.29 is 0 Å². The zero-order chi connectivity index (χ0) is 12.3. The summed E-state index contributed by atoms with van der Waals surface area (Å²) >= 11 is 7.17. The van der Waals surface area contributed by atoms with Crippen molar-refractivity contribution in [1.29, 1.82) is 0 Å². The molecule has 0 fully saturated rings. The van der Waals surface area contributed by atoms with E-state index >= 15 is 0 Å². The maximum absolute atomic E-state index is 3.50. The summed E-state index contributed by atoms with van der Waals surface area (Å²) in [5.41, 5.74) is 0. The van der Waals surface area contributed by atoms with Gasteiger partial charge in [0.15, 0.2) is 0 Å². The van der Waals surface area contributed by atoms with Crippen molar-refractivity contribution in [1.82, 2.24) is 4.90 Å². The van der Waals surface area contributed by atoms with Gasteiger partial charge in [-0.3, -0.25) is 4.90 Å². The Balaban J connectivity index is 1.89. The Bertz CT molecular complexity index is 450. The summed E-state index contributed by atoms with van der Waals surface area (Å²) in [6, 6.07) is 7.13. The second kappa shape index (κ2) is 6.14. The van der Waals surface area contributed by atoms with Gasteiger partial charge in [0, 0.05) is 32.2 Å². The molecular weight excluding hydrogens is 314 g/mol. The maximum Gasteiger partial charge on any atom is 0.0328 e. The molecule has 0 aromatic carbocycles. The second-order valence-electron chi connectivity index (χ2n) is 4.28. The van der Waals surface area contributed by atoms with E-state index < -0.39 is 0 Å². The molecule has 0 aliphatic carbocycles. The SMILES string of the molecule is CC(Cc1cccs1)N(C)Cc1cc(Br)cs1. The number of hydrogen-bond acceptors (Lipinski definition) is 3. The van der Waals surface area contributed by atoms with Crippen molar-refractivity contribution in [2.75, 3.05) is 7.05 Å². The van der Waals surface area contributed by atoms with Crippen molar-refractivity contribution in [2.24, 2.45) is 0 Å². The minimum absolute atomic E-state index is 0.578. The van der Waals surface area contributed by atoms with Gasteiger partial charge in [0.05, 0.1) is 0 Å². The van der Waals surface area contributed by atoms with Gasteiger partial charge in [-0.25, -0.2) is 0 Å². The first-order valence-corrected chi connectivity index (χ1v) is 8.16. The highest BCUT2D eigenvalue weighted by Crippen LogP contribution is 2.22. The van der Waals surface area contributed by atoms with Crippen LogP contribution in [-0.4, -0.2) is 18.0 Å². The molecule has 1 nitrogen and oxygen atoms in total. The smallest absolute Gasteiger partial charge is 0.0328 e. The fourth-order valence-electron chi connectivity index (χ4n) is 1.71. The van der Waals surface area contributed by atoms with E-state index in [1.807, 2.05) is 22.7 Å². The maximum atomic E-state index is 3.50. The number of thiophene rings is 2. The van der Waals surface area contributed by atoms with Gasteiger partial charge in [-0.15, -0.1) is 22.7 Å². The molecule has 2 rings (SSSR count). The molecule has 92 valence electrons. The number of rotatable bonds is 5. The highest BCUT2D eigenvalue weighted by atomic mass is 79.9. The number of hydrogen-bond donors (Lipinski definition) is 0. The lowest BCUT2D eigenvalue weighted by molar-refractivity contribution is 0.251. The lowest BCUT2D eigenvalue weighted by Crippen LogP contribution is -2.29. The van der Waals surface area contributed by atoms with E-state index in [2.05, 4.69) is 63.8 Å². The van der Waals surface area contributed by atoms with Crippen molar-refractivity contribution in [2.45, 2.75) is 25.9 Å². The quantitative estimate of drug-likeness (QED) is 0.772. The van der Waals surface area contributed by atoms with Gasteiger partial charge in [-0.2, -0.15) is 0 Å². The van der Waals surface area contributed by atoms with Gasteiger partial charge in [0.2, 0.25) is 0 Å². The molecule has 0 radical (unpaired) electrons. The normalized spacial score (nSPS) is 13.2. The number of nitrogens with zero attached hydrogens (tertiary/aromatic N) is 1. The van der Waals surface area contributed by atoms with Crippen LogP contribution in [0, 0.1) is 0 Å². The molecule has 1 atom stereocenters. The van der Waals surface area contributed by atoms with Crippen LogP contribution in [0.4, 0.5) is 0 Å². The van der Waals surface area contributed by atoms with Crippen LogP contribution < -0.4 is 0 Å². The van der Waals surface area contributed by atoms with Gasteiger partial charge in [-0.05, 0) is 53.8 Å². The predicted molar refractivity (Wildman–Crippen MR) is 81.0 cm³/mol. The van der Waals surface area contributed by atoms with Crippen LogP contribution in [0.3, 0.4) is 0 Å². The Hall–Kier alpha value is -0.160. The largest absolute Gasteiger partial charge is 0.298 e. The summed E-state index contributed by atoms with van der Waals surface area (Å²) < 4.78 is 1.19. The summed E-state index contributed by atoms with van der Waals surface area (Å²) in [5, 5.41) is 4.30. The molecule has 0 bridgehead atoms. The second-order valence-corrected chi connectivity index (χ2v) is 7.22. The van der Waals surface area contributed by atoms with E-state index in [0.717, 1.165) is 13.0 Å². The molecular formula is C13H16BrNS2. The fourth-order valence-corrected chi connectivity index (χ4v) is 4.05. The lowest BCUT2D eigenvalue weighted by Gasteiger charge is -2.23. The molecule has 0 N–H and O–H groups in total. The van der Waals surface area contributed by atoms with Crippen LogP contribution in [0.25, 0.3) is 0 Å². The van der Waals surface area contributed by atoms with E-state index in [9.17, 15) is 0 Å². The lowest BCUT2D eigenvalue weighted by atomic mass is 10.2. The first-order valence-electron chi connectivity index (χ1n) is 5.60. The molecule has 0 spiro atoms. The third-order valence-corrected chi connectivity index (χ3v) is 5.44. The standard InChI is InChI=1S/C13H16BrNS2/c1-10(6-12-4-3-5-16-12)15(2)8-13-7-11(14)9-17-13/h3-5,7,9-10H,6,8H2,1-2H3. The van der Waals surface area contributed by atoms with Crippen molar-refractivity contribution >= 4 is 38.6 Å². The molecule has 0 aliphatic heterocycles. The van der Waals surface area contributed by atoms with Crippen LogP contribution in [-0.2, 0) is 13.0 Å². The predicted octanol–water partition coefficient (Wildman–Crippen LogP) is 4.64. The molecule has 2 heterocycles. The fraction of sp³-hybridized carbons (Fsp3) is 0.385. The summed E-state index contributed by atoms with van der Waals surface area (Å²) in [7, 11) is 2.20. The Kier molecular flexibility index (Phi) is 4.79. The van der Waals surface area contributed by atoms with E-state index in [1.54, 1.807) is 0 Å². The minimum Gasteiger partial charge on any atom is -0.298 e. The molecule has 2 aromatic heterocycles. The highest BCUT2D eigenvalue weighted by molar-refractivity contribution is 9.10. The Morgan fingerprint density at radius 2 is 2.18 bits per heavy atom. The minimum atomic E-state index is 0.578. The monoisotopic (exact) mass is 329 g/mol. The zero-order valence-electron chi connectivity index (χ0n) is 10.0. The third-order valence-electron chi connectivity index (χ3n) is 2.86. The summed E-state index contributed by atoms with van der Waals surface area (Å²) in [4.78, 5) is 5.30. The van der Waals surface area contributed by atoms with E-state index in [0.29, 0.717) is 6.04 Å². The van der Waals surface area contributed by atoms with Crippen molar-refractivity contribution in [3.63, 3.8) is 0 Å². The molecule has 0 aliphatic rings. The molecule has 0 amide bonds. The molecule has 17 heavy (non-hydrogen) atoms. The Morgan fingerprint density at radius 1 is 1.35 bits per heavy atom. The van der Waals surface area contributed by atoms with Crippen LogP contribution in [0.2, 0.25) is 0 Å². The third kappa shape index (κ3) is 3.91. The molecule has 1 unspecified atom stereocenters. The van der Waals surface area contributed by atoms with Gasteiger partial charge >= 0.3 is 0 Å².